The van der Waals surface area contributed by atoms with Crippen LogP contribution in [0.15, 0.2) is 72.8 Å². The van der Waals surface area contributed by atoms with Gasteiger partial charge in [0.05, 0.1) is 0 Å². The summed E-state index contributed by atoms with van der Waals surface area (Å²) in [6, 6.07) is 27.5. The number of rotatable bonds is 0. The largest absolute Gasteiger partial charge is 0.0616 e. The lowest BCUT2D eigenvalue weighted by molar-refractivity contribution is 0.690. The van der Waals surface area contributed by atoms with Crippen LogP contribution in [0.4, 0.5) is 0 Å². The van der Waals surface area contributed by atoms with Crippen LogP contribution in [0.5, 0.6) is 0 Å². The van der Waals surface area contributed by atoms with Gasteiger partial charge in [-0.2, -0.15) is 0 Å². The fourth-order valence-electron chi connectivity index (χ4n) is 4.82. The van der Waals surface area contributed by atoms with Crippen molar-refractivity contribution in [2.24, 2.45) is 0 Å². The second-order valence-electron chi connectivity index (χ2n) is 7.69. The van der Waals surface area contributed by atoms with Crippen LogP contribution < -0.4 is 0 Å². The highest BCUT2D eigenvalue weighted by Crippen LogP contribution is 2.35. The molecule has 26 heavy (non-hydrogen) atoms. The van der Waals surface area contributed by atoms with Crippen LogP contribution in [0.25, 0.3) is 43.1 Å². The molecule has 0 fully saturated rings. The van der Waals surface area contributed by atoms with Crippen LogP contribution in [0.3, 0.4) is 0 Å². The Morgan fingerprint density at radius 1 is 0.462 bits per heavy atom. The zero-order valence-electron chi connectivity index (χ0n) is 14.8. The van der Waals surface area contributed by atoms with Crippen molar-refractivity contribution in [2.75, 3.05) is 0 Å². The van der Waals surface area contributed by atoms with E-state index >= 15 is 0 Å². The summed E-state index contributed by atoms with van der Waals surface area (Å²) in [6.45, 7) is 0. The summed E-state index contributed by atoms with van der Waals surface area (Å²) in [4.78, 5) is 0. The Morgan fingerprint density at radius 3 is 1.88 bits per heavy atom. The number of fused-ring (bicyclic) bond motifs is 7. The van der Waals surface area contributed by atoms with Gasteiger partial charge in [-0.05, 0) is 104 Å². The average molecular weight is 332 g/mol. The van der Waals surface area contributed by atoms with Gasteiger partial charge in [-0.25, -0.2) is 0 Å². The quantitative estimate of drug-likeness (QED) is 0.208. The predicted octanol–water partition coefficient (Wildman–Crippen LogP) is 7.18. The van der Waals surface area contributed by atoms with Crippen LogP contribution in [0, 0.1) is 0 Å². The van der Waals surface area contributed by atoms with Gasteiger partial charge in [0.2, 0.25) is 0 Å². The molecule has 0 unspecified atom stereocenters. The van der Waals surface area contributed by atoms with Gasteiger partial charge >= 0.3 is 0 Å². The van der Waals surface area contributed by atoms with Crippen LogP contribution in [0.1, 0.15) is 24.0 Å². The van der Waals surface area contributed by atoms with Crippen LogP contribution >= 0.6 is 0 Å². The van der Waals surface area contributed by atoms with Crippen LogP contribution in [-0.4, -0.2) is 0 Å². The predicted molar refractivity (Wildman–Crippen MR) is 113 cm³/mol. The van der Waals surface area contributed by atoms with Crippen molar-refractivity contribution in [3.05, 3.63) is 83.9 Å². The van der Waals surface area contributed by atoms with Crippen molar-refractivity contribution < 1.29 is 0 Å². The third-order valence-electron chi connectivity index (χ3n) is 6.17. The summed E-state index contributed by atoms with van der Waals surface area (Å²) in [7, 11) is 0. The Balaban J connectivity index is 1.73. The van der Waals surface area contributed by atoms with Gasteiger partial charge in [0.25, 0.3) is 0 Å². The van der Waals surface area contributed by atoms with E-state index in [2.05, 4.69) is 72.8 Å². The molecule has 0 N–H and O–H groups in total. The zero-order valence-corrected chi connectivity index (χ0v) is 14.8. The monoisotopic (exact) mass is 332 g/mol. The molecule has 0 nitrogen and oxygen atoms in total. The maximum absolute atomic E-state index is 2.43. The smallest absolute Gasteiger partial charge is 0.00988 e. The van der Waals surface area contributed by atoms with Gasteiger partial charge in [-0.15, -0.1) is 0 Å². The first kappa shape index (κ1) is 14.3. The Labute approximate surface area is 153 Å². The van der Waals surface area contributed by atoms with E-state index < -0.39 is 0 Å². The minimum atomic E-state index is 1.23. The third-order valence-corrected chi connectivity index (χ3v) is 6.17. The fraction of sp³-hybridized carbons (Fsp3) is 0.154. The average Bonchev–Trinajstić information content (AvgIpc) is 2.71. The molecule has 0 saturated carbocycles. The molecule has 5 aromatic carbocycles. The van der Waals surface area contributed by atoms with Crippen LogP contribution in [0.2, 0.25) is 0 Å². The van der Waals surface area contributed by atoms with Gasteiger partial charge in [-0.3, -0.25) is 0 Å². The molecule has 0 aliphatic heterocycles. The molecule has 6 rings (SSSR count). The molecule has 0 heteroatoms. The van der Waals surface area contributed by atoms with Crippen molar-refractivity contribution in [2.45, 2.75) is 25.7 Å². The Hall–Kier alpha value is -2.86. The summed E-state index contributed by atoms with van der Waals surface area (Å²) in [5.74, 6) is 0. The van der Waals surface area contributed by atoms with Gasteiger partial charge in [-0.1, -0.05) is 48.5 Å². The molecule has 0 saturated heterocycles. The van der Waals surface area contributed by atoms with E-state index in [1.54, 1.807) is 11.1 Å². The molecule has 0 radical (unpaired) electrons. The van der Waals surface area contributed by atoms with E-state index in [0.717, 1.165) is 0 Å². The van der Waals surface area contributed by atoms with E-state index in [1.807, 2.05) is 0 Å². The zero-order chi connectivity index (χ0) is 17.1. The normalized spacial score (nSPS) is 14.3. The van der Waals surface area contributed by atoms with Gasteiger partial charge in [0, 0.05) is 0 Å². The third kappa shape index (κ3) is 2.02. The number of hydrogen-bond donors (Lipinski definition) is 0. The summed E-state index contributed by atoms with van der Waals surface area (Å²) >= 11 is 0. The lowest BCUT2D eigenvalue weighted by Gasteiger charge is -2.18. The Bertz CT molecular complexity index is 1320. The number of aryl methyl sites for hydroxylation is 2. The van der Waals surface area contributed by atoms with Gasteiger partial charge in [0.15, 0.2) is 0 Å². The Morgan fingerprint density at radius 2 is 1.04 bits per heavy atom. The van der Waals surface area contributed by atoms with Gasteiger partial charge in [0.1, 0.15) is 0 Å². The van der Waals surface area contributed by atoms with Crippen molar-refractivity contribution in [1.29, 1.82) is 0 Å². The molecular formula is C26H20. The SMILES string of the molecule is c1ccc2cc3c(ccc4cc5c6c(ccc5cc43)CCCC6)cc2c1. The maximum atomic E-state index is 2.43. The second-order valence-corrected chi connectivity index (χ2v) is 7.69. The molecule has 124 valence electrons. The van der Waals surface area contributed by atoms with Gasteiger partial charge < -0.3 is 0 Å². The van der Waals surface area contributed by atoms with E-state index in [-0.39, 0.29) is 0 Å². The van der Waals surface area contributed by atoms with Crippen molar-refractivity contribution in [3.63, 3.8) is 0 Å². The molecule has 0 aromatic heterocycles. The molecule has 0 atom stereocenters. The molecule has 0 bridgehead atoms. The summed E-state index contributed by atoms with van der Waals surface area (Å²) in [6.07, 6.45) is 5.14. The fourth-order valence-corrected chi connectivity index (χ4v) is 4.82. The van der Waals surface area contributed by atoms with E-state index in [1.165, 1.54) is 68.8 Å². The number of benzene rings is 5. The first-order valence-electron chi connectivity index (χ1n) is 9.67. The van der Waals surface area contributed by atoms with E-state index in [9.17, 15) is 0 Å². The van der Waals surface area contributed by atoms with Crippen molar-refractivity contribution in [1.82, 2.24) is 0 Å². The molecule has 0 amide bonds. The maximum Gasteiger partial charge on any atom is -0.00988 e. The molecule has 5 aromatic rings. The standard InChI is InChI=1S/C26H20/c1-2-7-19-14-25-20(13-18(19)6-1)11-12-22-15-24-21(16-26(22)25)10-9-17-5-3-4-8-23(17)24/h1-2,6-7,9-16H,3-5,8H2. The Kier molecular flexibility index (Phi) is 2.93. The molecular weight excluding hydrogens is 312 g/mol. The topological polar surface area (TPSA) is 0 Å². The molecule has 0 spiro atoms. The molecule has 1 aliphatic carbocycles. The first-order valence-corrected chi connectivity index (χ1v) is 9.67. The van der Waals surface area contributed by atoms with E-state index in [0.29, 0.717) is 0 Å². The van der Waals surface area contributed by atoms with Crippen molar-refractivity contribution >= 4 is 43.1 Å². The highest BCUT2D eigenvalue weighted by Gasteiger charge is 2.13. The first-order chi connectivity index (χ1) is 12.9. The summed E-state index contributed by atoms with van der Waals surface area (Å²) in [5.41, 5.74) is 3.16. The minimum absolute atomic E-state index is 1.23. The minimum Gasteiger partial charge on any atom is -0.0616 e. The lowest BCUT2D eigenvalue weighted by atomic mass is 9.86. The molecule has 0 heterocycles. The summed E-state index contributed by atoms with van der Waals surface area (Å²) < 4.78 is 0. The molecule has 1 aliphatic rings. The lowest BCUT2D eigenvalue weighted by Crippen LogP contribution is -2.02. The highest BCUT2D eigenvalue weighted by atomic mass is 14.2. The van der Waals surface area contributed by atoms with E-state index in [4.69, 9.17) is 0 Å². The van der Waals surface area contributed by atoms with Crippen molar-refractivity contribution in [3.8, 4) is 0 Å². The van der Waals surface area contributed by atoms with Crippen LogP contribution in [-0.2, 0) is 12.8 Å². The second kappa shape index (κ2) is 5.32. The number of hydrogen-bond acceptors (Lipinski definition) is 0. The summed E-state index contributed by atoms with van der Waals surface area (Å²) in [5, 5.41) is 10.9. The highest BCUT2D eigenvalue weighted by molar-refractivity contribution is 6.15.